The average molecular weight is 564 g/mol. The molecule has 0 aliphatic carbocycles. The molecule has 25 heavy (non-hydrogen) atoms. The topological polar surface area (TPSA) is 29.5 Å². The third-order valence-electron chi connectivity index (χ3n) is 3.39. The molecule has 3 nitrogen and oxygen atoms in total. The Morgan fingerprint density at radius 1 is 1.16 bits per heavy atom. The molecule has 0 spiro atoms. The van der Waals surface area contributed by atoms with Crippen LogP contribution in [0.4, 0.5) is 5.69 Å². The van der Waals surface area contributed by atoms with Gasteiger partial charge < -0.3 is 4.74 Å². The first-order valence-electron chi connectivity index (χ1n) is 6.97. The summed E-state index contributed by atoms with van der Waals surface area (Å²) >= 11 is 17.0. The number of thioether (sulfide) groups is 1. The van der Waals surface area contributed by atoms with Crippen LogP contribution in [0.25, 0.3) is 6.08 Å². The second kappa shape index (κ2) is 7.92. The minimum absolute atomic E-state index is 0.147. The van der Waals surface area contributed by atoms with Crippen molar-refractivity contribution < 1.29 is 9.53 Å². The van der Waals surface area contributed by atoms with Crippen LogP contribution in [0, 0.1) is 0 Å². The largest absolute Gasteiger partial charge is 0.495 e. The summed E-state index contributed by atoms with van der Waals surface area (Å²) in [5.41, 5.74) is 1.53. The third kappa shape index (κ3) is 4.03. The number of thiocarbonyl (C=S) groups is 1. The molecule has 0 N–H and O–H groups in total. The first-order chi connectivity index (χ1) is 11.9. The summed E-state index contributed by atoms with van der Waals surface area (Å²) in [6.07, 6.45) is 1.80. The Bertz CT molecular complexity index is 915. The number of anilines is 1. The third-order valence-corrected chi connectivity index (χ3v) is 6.23. The molecule has 0 bridgehead atoms. The summed E-state index contributed by atoms with van der Waals surface area (Å²) in [4.78, 5) is 15.0. The number of methoxy groups -OCH3 is 1. The summed E-state index contributed by atoms with van der Waals surface area (Å²) in [6, 6.07) is 11.3. The van der Waals surface area contributed by atoms with Crippen LogP contribution in [0.1, 0.15) is 5.56 Å². The molecule has 0 aromatic heterocycles. The van der Waals surface area contributed by atoms with E-state index in [1.165, 1.54) is 16.7 Å². The fraction of sp³-hybridized carbons (Fsp3) is 0.0588. The number of hydrogen-bond donors (Lipinski definition) is 0. The highest BCUT2D eigenvalue weighted by Gasteiger charge is 2.33. The van der Waals surface area contributed by atoms with Gasteiger partial charge >= 0.3 is 0 Å². The SMILES string of the molecule is COc1c(Br)cc(Br)cc1/C=C1/SC(=S)N(c2cccc(Br)c2)C1=O. The average Bonchev–Trinajstić information content (AvgIpc) is 2.81. The second-order valence-electron chi connectivity index (χ2n) is 5.01. The molecule has 1 aliphatic rings. The smallest absolute Gasteiger partial charge is 0.270 e. The Balaban J connectivity index is 2.02. The lowest BCUT2D eigenvalue weighted by atomic mass is 10.2. The van der Waals surface area contributed by atoms with Crippen molar-refractivity contribution in [2.24, 2.45) is 0 Å². The van der Waals surface area contributed by atoms with E-state index in [2.05, 4.69) is 47.8 Å². The number of carbonyl (C=O) groups excluding carboxylic acids is 1. The summed E-state index contributed by atoms with van der Waals surface area (Å²) in [6.45, 7) is 0. The fourth-order valence-electron chi connectivity index (χ4n) is 2.35. The summed E-state index contributed by atoms with van der Waals surface area (Å²) in [5, 5.41) is 0. The van der Waals surface area contributed by atoms with E-state index in [1.54, 1.807) is 13.2 Å². The van der Waals surface area contributed by atoms with E-state index in [9.17, 15) is 4.79 Å². The molecule has 2 aromatic rings. The molecule has 8 heteroatoms. The van der Waals surface area contributed by atoms with Gasteiger partial charge in [0.2, 0.25) is 0 Å². The van der Waals surface area contributed by atoms with Crippen molar-refractivity contribution in [1.82, 2.24) is 0 Å². The van der Waals surface area contributed by atoms with Gasteiger partial charge in [0.15, 0.2) is 4.32 Å². The zero-order valence-electron chi connectivity index (χ0n) is 12.8. The Hall–Kier alpha value is -0.670. The highest BCUT2D eigenvalue weighted by Crippen LogP contribution is 2.40. The number of ether oxygens (including phenoxy) is 1. The molecule has 1 amide bonds. The van der Waals surface area contributed by atoms with Crippen LogP contribution in [-0.2, 0) is 4.79 Å². The number of benzene rings is 2. The van der Waals surface area contributed by atoms with Crippen molar-refractivity contribution in [2.45, 2.75) is 0 Å². The minimum atomic E-state index is -0.147. The first kappa shape index (κ1) is 19.1. The van der Waals surface area contributed by atoms with Gasteiger partial charge in [0.1, 0.15) is 5.75 Å². The quantitative estimate of drug-likeness (QED) is 0.320. The van der Waals surface area contributed by atoms with Gasteiger partial charge in [0.05, 0.1) is 22.2 Å². The number of carbonyl (C=O) groups is 1. The lowest BCUT2D eigenvalue weighted by Gasteiger charge is -2.14. The normalized spacial score (nSPS) is 16.0. The van der Waals surface area contributed by atoms with Crippen LogP contribution in [0.2, 0.25) is 0 Å². The maximum absolute atomic E-state index is 12.9. The van der Waals surface area contributed by atoms with Crippen molar-refractivity contribution in [1.29, 1.82) is 0 Å². The van der Waals surface area contributed by atoms with Crippen molar-refractivity contribution >= 4 is 93.8 Å². The van der Waals surface area contributed by atoms with E-state index in [0.29, 0.717) is 15.0 Å². The molecule has 0 radical (unpaired) electrons. The van der Waals surface area contributed by atoms with Gasteiger partial charge in [0.25, 0.3) is 5.91 Å². The molecular weight excluding hydrogens is 554 g/mol. The van der Waals surface area contributed by atoms with E-state index < -0.39 is 0 Å². The predicted molar refractivity (Wildman–Crippen MR) is 118 cm³/mol. The molecule has 0 atom stereocenters. The lowest BCUT2D eigenvalue weighted by Crippen LogP contribution is -2.27. The Morgan fingerprint density at radius 2 is 1.92 bits per heavy atom. The fourth-order valence-corrected chi connectivity index (χ4v) is 5.45. The van der Waals surface area contributed by atoms with E-state index >= 15 is 0 Å². The maximum atomic E-state index is 12.9. The van der Waals surface area contributed by atoms with E-state index in [4.69, 9.17) is 17.0 Å². The van der Waals surface area contributed by atoms with Gasteiger partial charge in [-0.2, -0.15) is 0 Å². The van der Waals surface area contributed by atoms with Crippen LogP contribution in [-0.4, -0.2) is 17.3 Å². The monoisotopic (exact) mass is 561 g/mol. The Morgan fingerprint density at radius 3 is 2.60 bits per heavy atom. The van der Waals surface area contributed by atoms with Crippen molar-refractivity contribution in [3.8, 4) is 5.75 Å². The Kier molecular flexibility index (Phi) is 6.05. The zero-order valence-corrected chi connectivity index (χ0v) is 19.1. The molecule has 1 heterocycles. The molecule has 1 fully saturated rings. The summed E-state index contributed by atoms with van der Waals surface area (Å²) in [5.74, 6) is 0.516. The summed E-state index contributed by atoms with van der Waals surface area (Å²) in [7, 11) is 1.60. The maximum Gasteiger partial charge on any atom is 0.270 e. The van der Waals surface area contributed by atoms with Crippen molar-refractivity contribution in [3.63, 3.8) is 0 Å². The number of hydrogen-bond acceptors (Lipinski definition) is 4. The molecular formula is C17H10Br3NO2S2. The number of amides is 1. The van der Waals surface area contributed by atoms with E-state index in [-0.39, 0.29) is 5.91 Å². The molecule has 1 aliphatic heterocycles. The van der Waals surface area contributed by atoms with Crippen LogP contribution < -0.4 is 9.64 Å². The number of halogens is 3. The first-order valence-corrected chi connectivity index (χ1v) is 10.6. The lowest BCUT2D eigenvalue weighted by molar-refractivity contribution is -0.113. The molecule has 2 aromatic carbocycles. The second-order valence-corrected chi connectivity index (χ2v) is 9.37. The highest BCUT2D eigenvalue weighted by molar-refractivity contribution is 9.11. The van der Waals surface area contributed by atoms with Gasteiger partial charge in [-0.05, 0) is 52.3 Å². The van der Waals surface area contributed by atoms with Crippen molar-refractivity contribution in [3.05, 3.63) is 60.3 Å². The molecule has 128 valence electrons. The van der Waals surface area contributed by atoms with Gasteiger partial charge in [-0.1, -0.05) is 61.9 Å². The standard InChI is InChI=1S/C17H10Br3NO2S2/c1-23-15-9(5-11(19)8-13(15)20)6-14-16(22)21(17(24)25-14)12-4-2-3-10(18)7-12/h2-8H,1H3/b14-6+. The van der Waals surface area contributed by atoms with E-state index in [1.807, 2.05) is 36.4 Å². The van der Waals surface area contributed by atoms with Crippen LogP contribution in [0.3, 0.4) is 0 Å². The van der Waals surface area contributed by atoms with Gasteiger partial charge in [0, 0.05) is 14.5 Å². The van der Waals surface area contributed by atoms with Crippen LogP contribution in [0.15, 0.2) is 54.7 Å². The molecule has 0 saturated carbocycles. The van der Waals surface area contributed by atoms with Crippen LogP contribution >= 0.6 is 71.8 Å². The molecule has 1 saturated heterocycles. The summed E-state index contributed by atoms with van der Waals surface area (Å²) < 4.78 is 8.52. The van der Waals surface area contributed by atoms with Crippen LogP contribution in [0.5, 0.6) is 5.75 Å². The number of rotatable bonds is 3. The molecule has 3 rings (SSSR count). The predicted octanol–water partition coefficient (Wildman–Crippen LogP) is 6.39. The number of nitrogens with zero attached hydrogens (tertiary/aromatic N) is 1. The van der Waals surface area contributed by atoms with Crippen molar-refractivity contribution in [2.75, 3.05) is 12.0 Å². The highest BCUT2D eigenvalue weighted by atomic mass is 79.9. The Labute approximate surface area is 180 Å². The molecule has 0 unspecified atom stereocenters. The minimum Gasteiger partial charge on any atom is -0.495 e. The van der Waals surface area contributed by atoms with Gasteiger partial charge in [-0.3, -0.25) is 9.69 Å². The zero-order chi connectivity index (χ0) is 18.1. The van der Waals surface area contributed by atoms with Gasteiger partial charge in [-0.15, -0.1) is 0 Å². The van der Waals surface area contributed by atoms with E-state index in [0.717, 1.165) is 24.7 Å². The van der Waals surface area contributed by atoms with Gasteiger partial charge in [-0.25, -0.2) is 0 Å².